The SMILES string of the molecule is COc1cc(C(Br)c2sc(C)cc2C)cc(OC)c1OC. The summed E-state index contributed by atoms with van der Waals surface area (Å²) in [4.78, 5) is 2.70. The fourth-order valence-corrected chi connectivity index (χ4v) is 4.26. The molecular weight excluding hydrogens is 352 g/mol. The van der Waals surface area contributed by atoms with Gasteiger partial charge in [0.25, 0.3) is 0 Å². The molecule has 0 spiro atoms. The van der Waals surface area contributed by atoms with Gasteiger partial charge < -0.3 is 14.2 Å². The summed E-state index contributed by atoms with van der Waals surface area (Å²) in [6, 6.07) is 6.16. The van der Waals surface area contributed by atoms with Gasteiger partial charge in [0.15, 0.2) is 11.5 Å². The number of hydrogen-bond donors (Lipinski definition) is 0. The summed E-state index contributed by atoms with van der Waals surface area (Å²) in [6.45, 7) is 4.25. The van der Waals surface area contributed by atoms with Gasteiger partial charge in [0, 0.05) is 9.75 Å². The predicted octanol–water partition coefficient (Wildman–Crippen LogP) is 4.88. The van der Waals surface area contributed by atoms with Gasteiger partial charge in [-0.3, -0.25) is 0 Å². The van der Waals surface area contributed by atoms with Crippen molar-refractivity contribution >= 4 is 27.3 Å². The first-order valence-corrected chi connectivity index (χ1v) is 8.26. The Bertz CT molecular complexity index is 611. The number of alkyl halides is 1. The molecule has 2 aromatic rings. The fourth-order valence-electron chi connectivity index (χ4n) is 2.31. The molecule has 21 heavy (non-hydrogen) atoms. The van der Waals surface area contributed by atoms with E-state index < -0.39 is 0 Å². The maximum Gasteiger partial charge on any atom is 0.203 e. The van der Waals surface area contributed by atoms with E-state index in [9.17, 15) is 0 Å². The zero-order chi connectivity index (χ0) is 15.6. The molecule has 1 aromatic carbocycles. The van der Waals surface area contributed by atoms with Crippen LogP contribution in [0.4, 0.5) is 0 Å². The summed E-state index contributed by atoms with van der Waals surface area (Å²) < 4.78 is 16.2. The molecule has 1 unspecified atom stereocenters. The molecule has 0 aliphatic carbocycles. The normalized spacial score (nSPS) is 12.1. The highest BCUT2D eigenvalue weighted by Crippen LogP contribution is 2.44. The number of methoxy groups -OCH3 is 3. The Labute approximate surface area is 138 Å². The molecule has 0 fully saturated rings. The van der Waals surface area contributed by atoms with E-state index in [-0.39, 0.29) is 4.83 Å². The van der Waals surface area contributed by atoms with Gasteiger partial charge in [-0.05, 0) is 43.2 Å². The van der Waals surface area contributed by atoms with Crippen molar-refractivity contribution in [2.45, 2.75) is 18.7 Å². The van der Waals surface area contributed by atoms with Crippen molar-refractivity contribution in [3.8, 4) is 17.2 Å². The lowest BCUT2D eigenvalue weighted by atomic mass is 10.1. The van der Waals surface area contributed by atoms with Crippen molar-refractivity contribution in [1.82, 2.24) is 0 Å². The second-order valence-corrected chi connectivity index (χ2v) is 6.93. The minimum atomic E-state index is 0.102. The Morgan fingerprint density at radius 2 is 1.52 bits per heavy atom. The van der Waals surface area contributed by atoms with Crippen LogP contribution in [0.25, 0.3) is 0 Å². The molecule has 0 N–H and O–H groups in total. The topological polar surface area (TPSA) is 27.7 Å². The van der Waals surface area contributed by atoms with Crippen molar-refractivity contribution in [1.29, 1.82) is 0 Å². The molecule has 2 rings (SSSR count). The maximum absolute atomic E-state index is 5.42. The van der Waals surface area contributed by atoms with Crippen LogP contribution in [0.5, 0.6) is 17.2 Å². The third-order valence-corrected chi connectivity index (χ3v) is 5.80. The van der Waals surface area contributed by atoms with Gasteiger partial charge >= 0.3 is 0 Å². The standard InChI is InChI=1S/C16H19BrO3S/c1-9-6-10(2)21-16(9)14(17)11-7-12(18-3)15(20-5)13(8-11)19-4/h6-8,14H,1-5H3. The van der Waals surface area contributed by atoms with Gasteiger partial charge in [0.05, 0.1) is 26.2 Å². The quantitative estimate of drug-likeness (QED) is 0.702. The third kappa shape index (κ3) is 3.19. The van der Waals surface area contributed by atoms with E-state index in [4.69, 9.17) is 14.2 Å². The van der Waals surface area contributed by atoms with Gasteiger partial charge in [-0.2, -0.15) is 0 Å². The molecule has 0 radical (unpaired) electrons. The monoisotopic (exact) mass is 370 g/mol. The molecule has 0 aliphatic rings. The van der Waals surface area contributed by atoms with Crippen LogP contribution in [-0.4, -0.2) is 21.3 Å². The lowest BCUT2D eigenvalue weighted by Crippen LogP contribution is -1.99. The van der Waals surface area contributed by atoms with Crippen LogP contribution in [0.15, 0.2) is 18.2 Å². The first-order valence-electron chi connectivity index (χ1n) is 6.52. The van der Waals surface area contributed by atoms with Gasteiger partial charge in [0.1, 0.15) is 0 Å². The molecule has 1 aromatic heterocycles. The third-order valence-electron chi connectivity index (χ3n) is 3.29. The molecule has 3 nitrogen and oxygen atoms in total. The fraction of sp³-hybridized carbons (Fsp3) is 0.375. The highest BCUT2D eigenvalue weighted by atomic mass is 79.9. The van der Waals surface area contributed by atoms with E-state index >= 15 is 0 Å². The number of hydrogen-bond acceptors (Lipinski definition) is 4. The van der Waals surface area contributed by atoms with E-state index in [0.717, 1.165) is 5.56 Å². The molecular formula is C16H19BrO3S. The van der Waals surface area contributed by atoms with Crippen LogP contribution in [0.2, 0.25) is 0 Å². The second-order valence-electron chi connectivity index (χ2n) is 4.73. The average molecular weight is 371 g/mol. The predicted molar refractivity (Wildman–Crippen MR) is 90.7 cm³/mol. The number of benzene rings is 1. The van der Waals surface area contributed by atoms with Crippen LogP contribution in [0.3, 0.4) is 0 Å². The molecule has 0 saturated heterocycles. The summed E-state index contributed by atoms with van der Waals surface area (Å²) in [6.07, 6.45) is 0. The highest BCUT2D eigenvalue weighted by molar-refractivity contribution is 9.09. The number of ether oxygens (including phenoxy) is 3. The van der Waals surface area contributed by atoms with E-state index in [0.29, 0.717) is 17.2 Å². The van der Waals surface area contributed by atoms with E-state index in [2.05, 4.69) is 35.8 Å². The zero-order valence-electron chi connectivity index (χ0n) is 12.8. The molecule has 0 saturated carbocycles. The van der Waals surface area contributed by atoms with Crippen LogP contribution in [0.1, 0.15) is 25.7 Å². The molecule has 0 bridgehead atoms. The lowest BCUT2D eigenvalue weighted by molar-refractivity contribution is 0.324. The summed E-state index contributed by atoms with van der Waals surface area (Å²) >= 11 is 5.58. The van der Waals surface area contributed by atoms with E-state index in [1.807, 2.05) is 12.1 Å². The van der Waals surface area contributed by atoms with Gasteiger partial charge in [-0.25, -0.2) is 0 Å². The van der Waals surface area contributed by atoms with Crippen LogP contribution in [-0.2, 0) is 0 Å². The summed E-state index contributed by atoms with van der Waals surface area (Å²) in [5.41, 5.74) is 2.36. The molecule has 0 amide bonds. The van der Waals surface area contributed by atoms with E-state index in [1.165, 1.54) is 15.3 Å². The Hall–Kier alpha value is -1.20. The molecule has 1 atom stereocenters. The van der Waals surface area contributed by atoms with Crippen LogP contribution < -0.4 is 14.2 Å². The first kappa shape index (κ1) is 16.2. The Kier molecular flexibility index (Phi) is 5.17. The number of rotatable bonds is 5. The van der Waals surface area contributed by atoms with Crippen molar-refractivity contribution in [3.63, 3.8) is 0 Å². The zero-order valence-corrected chi connectivity index (χ0v) is 15.2. The highest BCUT2D eigenvalue weighted by Gasteiger charge is 2.20. The number of thiophene rings is 1. The van der Waals surface area contributed by atoms with Crippen LogP contribution >= 0.6 is 27.3 Å². The van der Waals surface area contributed by atoms with E-state index in [1.54, 1.807) is 32.7 Å². The van der Waals surface area contributed by atoms with Crippen LogP contribution in [0, 0.1) is 13.8 Å². The first-order chi connectivity index (χ1) is 10.0. The van der Waals surface area contributed by atoms with Crippen molar-refractivity contribution < 1.29 is 14.2 Å². The minimum Gasteiger partial charge on any atom is -0.493 e. The second kappa shape index (κ2) is 6.71. The molecule has 5 heteroatoms. The number of aryl methyl sites for hydroxylation is 2. The molecule has 114 valence electrons. The molecule has 1 heterocycles. The lowest BCUT2D eigenvalue weighted by Gasteiger charge is -2.16. The largest absolute Gasteiger partial charge is 0.493 e. The summed E-state index contributed by atoms with van der Waals surface area (Å²) in [7, 11) is 4.87. The summed E-state index contributed by atoms with van der Waals surface area (Å²) in [5, 5.41) is 0. The Morgan fingerprint density at radius 1 is 0.952 bits per heavy atom. The van der Waals surface area contributed by atoms with Crippen molar-refractivity contribution in [3.05, 3.63) is 39.1 Å². The average Bonchev–Trinajstić information content (AvgIpc) is 2.83. The van der Waals surface area contributed by atoms with Crippen molar-refractivity contribution in [2.75, 3.05) is 21.3 Å². The maximum atomic E-state index is 5.42. The van der Waals surface area contributed by atoms with Gasteiger partial charge in [0.2, 0.25) is 5.75 Å². The molecule has 0 aliphatic heterocycles. The summed E-state index contributed by atoms with van der Waals surface area (Å²) in [5.74, 6) is 1.95. The van der Waals surface area contributed by atoms with Crippen molar-refractivity contribution in [2.24, 2.45) is 0 Å². The Morgan fingerprint density at radius 3 is 1.90 bits per heavy atom. The Balaban J connectivity index is 2.51. The van der Waals surface area contributed by atoms with Gasteiger partial charge in [-0.15, -0.1) is 11.3 Å². The number of halogens is 1. The van der Waals surface area contributed by atoms with Gasteiger partial charge in [-0.1, -0.05) is 15.9 Å². The smallest absolute Gasteiger partial charge is 0.203 e. The minimum absolute atomic E-state index is 0.102.